The molecule has 4 N–H and O–H groups in total. The minimum absolute atomic E-state index is 0.0752. The number of nitrogens with two attached hydrogens (primary N) is 2. The highest BCUT2D eigenvalue weighted by atomic mass is 35.5. The number of rotatable bonds is 3. The summed E-state index contributed by atoms with van der Waals surface area (Å²) in [6.45, 7) is 0. The number of carbonyl (C=O) groups is 1. The number of pyridine rings is 1. The van der Waals surface area contributed by atoms with Gasteiger partial charge in [-0.2, -0.15) is 0 Å². The molecule has 0 radical (unpaired) electrons. The second kappa shape index (κ2) is 4.93. The van der Waals surface area contributed by atoms with Gasteiger partial charge in [0.25, 0.3) is 5.91 Å². The molecule has 1 aromatic carbocycles. The lowest BCUT2D eigenvalue weighted by Crippen LogP contribution is -2.13. The molecule has 0 saturated carbocycles. The van der Waals surface area contributed by atoms with Crippen molar-refractivity contribution in [2.75, 3.05) is 5.73 Å². The number of nitrogen functional groups attached to an aromatic ring is 1. The first-order chi connectivity index (χ1) is 8.58. The third-order valence-electron chi connectivity index (χ3n) is 2.19. The molecule has 2 rings (SSSR count). The Hall–Kier alpha value is -2.27. The number of halogens is 1. The van der Waals surface area contributed by atoms with E-state index in [4.69, 9.17) is 27.8 Å². The smallest absolute Gasteiger partial charge is 0.267 e. The van der Waals surface area contributed by atoms with Crippen LogP contribution in [0.2, 0.25) is 5.02 Å². The number of hydrogen-bond donors (Lipinski definition) is 2. The summed E-state index contributed by atoms with van der Waals surface area (Å²) in [7, 11) is 0. The molecule has 0 unspecified atom stereocenters. The van der Waals surface area contributed by atoms with Gasteiger partial charge in [-0.3, -0.25) is 4.79 Å². The van der Waals surface area contributed by atoms with E-state index in [-0.39, 0.29) is 11.6 Å². The lowest BCUT2D eigenvalue weighted by molar-refractivity contribution is 0.0995. The molecular weight excluding hydrogens is 254 g/mol. The Bertz CT molecular complexity index is 602. The number of amides is 1. The molecule has 0 saturated heterocycles. The summed E-state index contributed by atoms with van der Waals surface area (Å²) in [5, 5.41) is 0.420. The number of hydrogen-bond acceptors (Lipinski definition) is 4. The minimum atomic E-state index is -0.654. The second-order valence-corrected chi connectivity index (χ2v) is 3.89. The molecule has 18 heavy (non-hydrogen) atoms. The number of nitrogens with zero attached hydrogens (tertiary/aromatic N) is 1. The SMILES string of the molecule is NC(=O)c1ccc(N)c(Oc2ccccc2Cl)n1. The Morgan fingerprint density at radius 2 is 1.94 bits per heavy atom. The normalized spacial score (nSPS) is 10.1. The van der Waals surface area contributed by atoms with E-state index in [0.29, 0.717) is 16.5 Å². The monoisotopic (exact) mass is 263 g/mol. The van der Waals surface area contributed by atoms with Crippen LogP contribution in [-0.2, 0) is 0 Å². The van der Waals surface area contributed by atoms with Crippen LogP contribution in [0.5, 0.6) is 11.6 Å². The maximum absolute atomic E-state index is 11.0. The van der Waals surface area contributed by atoms with Crippen molar-refractivity contribution in [2.45, 2.75) is 0 Å². The Kier molecular flexibility index (Phi) is 3.34. The fraction of sp³-hybridized carbons (Fsp3) is 0. The highest BCUT2D eigenvalue weighted by Gasteiger charge is 2.10. The van der Waals surface area contributed by atoms with E-state index in [1.54, 1.807) is 24.3 Å². The van der Waals surface area contributed by atoms with Crippen molar-refractivity contribution in [1.29, 1.82) is 0 Å². The van der Waals surface area contributed by atoms with Gasteiger partial charge >= 0.3 is 0 Å². The summed E-state index contributed by atoms with van der Waals surface area (Å²) >= 11 is 5.94. The molecule has 1 aromatic heterocycles. The molecule has 0 aliphatic carbocycles. The predicted molar refractivity (Wildman–Crippen MR) is 68.7 cm³/mol. The van der Waals surface area contributed by atoms with E-state index >= 15 is 0 Å². The summed E-state index contributed by atoms with van der Waals surface area (Å²) in [5.41, 5.74) is 11.2. The molecule has 0 fully saturated rings. The quantitative estimate of drug-likeness (QED) is 0.888. The molecule has 92 valence electrons. The Labute approximate surface area is 108 Å². The number of carbonyl (C=O) groups excluding carboxylic acids is 1. The van der Waals surface area contributed by atoms with E-state index in [1.165, 1.54) is 12.1 Å². The Morgan fingerprint density at radius 3 is 2.61 bits per heavy atom. The van der Waals surface area contributed by atoms with Gasteiger partial charge in [0.2, 0.25) is 5.88 Å². The molecule has 0 aliphatic rings. The van der Waals surface area contributed by atoms with Gasteiger partial charge in [-0.1, -0.05) is 23.7 Å². The van der Waals surface area contributed by atoms with Crippen molar-refractivity contribution in [3.63, 3.8) is 0 Å². The summed E-state index contributed by atoms with van der Waals surface area (Å²) in [6, 6.07) is 9.79. The van der Waals surface area contributed by atoms with Gasteiger partial charge in [0.05, 0.1) is 10.7 Å². The van der Waals surface area contributed by atoms with Gasteiger partial charge in [0.15, 0.2) is 0 Å². The fourth-order valence-corrected chi connectivity index (χ4v) is 1.48. The average Bonchev–Trinajstić information content (AvgIpc) is 2.34. The summed E-state index contributed by atoms with van der Waals surface area (Å²) in [4.78, 5) is 14.9. The average molecular weight is 264 g/mol. The van der Waals surface area contributed by atoms with Crippen molar-refractivity contribution in [2.24, 2.45) is 5.73 Å². The van der Waals surface area contributed by atoms with E-state index in [2.05, 4.69) is 4.98 Å². The maximum atomic E-state index is 11.0. The van der Waals surface area contributed by atoms with Crippen molar-refractivity contribution < 1.29 is 9.53 Å². The van der Waals surface area contributed by atoms with Crippen LogP contribution in [0.1, 0.15) is 10.5 Å². The van der Waals surface area contributed by atoms with Crippen molar-refractivity contribution in [3.05, 3.63) is 47.1 Å². The summed E-state index contributed by atoms with van der Waals surface area (Å²) in [5.74, 6) is -0.154. The molecule has 5 nitrogen and oxygen atoms in total. The molecule has 0 spiro atoms. The molecule has 0 bridgehead atoms. The predicted octanol–water partition coefficient (Wildman–Crippen LogP) is 2.21. The molecular formula is C12H10ClN3O2. The largest absolute Gasteiger partial charge is 0.435 e. The molecule has 2 aromatic rings. The van der Waals surface area contributed by atoms with Gasteiger partial charge in [0, 0.05) is 0 Å². The van der Waals surface area contributed by atoms with Gasteiger partial charge in [-0.15, -0.1) is 0 Å². The van der Waals surface area contributed by atoms with Crippen LogP contribution < -0.4 is 16.2 Å². The third kappa shape index (κ3) is 2.52. The molecule has 6 heteroatoms. The van der Waals surface area contributed by atoms with Gasteiger partial charge in [-0.05, 0) is 24.3 Å². The first-order valence-electron chi connectivity index (χ1n) is 5.06. The zero-order valence-corrected chi connectivity index (χ0v) is 10.0. The highest BCUT2D eigenvalue weighted by molar-refractivity contribution is 6.32. The lowest BCUT2D eigenvalue weighted by Gasteiger charge is -2.09. The van der Waals surface area contributed by atoms with E-state index in [1.807, 2.05) is 0 Å². The van der Waals surface area contributed by atoms with Crippen LogP contribution in [0, 0.1) is 0 Å². The number of primary amides is 1. The zero-order chi connectivity index (χ0) is 13.1. The van der Waals surface area contributed by atoms with E-state index < -0.39 is 5.91 Å². The van der Waals surface area contributed by atoms with Crippen LogP contribution in [0.25, 0.3) is 0 Å². The lowest BCUT2D eigenvalue weighted by atomic mass is 10.3. The maximum Gasteiger partial charge on any atom is 0.267 e. The molecule has 0 aliphatic heterocycles. The van der Waals surface area contributed by atoms with E-state index in [0.717, 1.165) is 0 Å². The number of ether oxygens (including phenoxy) is 1. The zero-order valence-electron chi connectivity index (χ0n) is 9.26. The van der Waals surface area contributed by atoms with Crippen LogP contribution in [-0.4, -0.2) is 10.9 Å². The Morgan fingerprint density at radius 1 is 1.22 bits per heavy atom. The van der Waals surface area contributed by atoms with Crippen LogP contribution in [0.15, 0.2) is 36.4 Å². The summed E-state index contributed by atoms with van der Waals surface area (Å²) < 4.78 is 5.45. The van der Waals surface area contributed by atoms with Crippen LogP contribution >= 0.6 is 11.6 Å². The molecule has 0 atom stereocenters. The fourth-order valence-electron chi connectivity index (χ4n) is 1.30. The minimum Gasteiger partial charge on any atom is -0.435 e. The summed E-state index contributed by atoms with van der Waals surface area (Å²) in [6.07, 6.45) is 0. The van der Waals surface area contributed by atoms with Crippen molar-refractivity contribution in [3.8, 4) is 11.6 Å². The highest BCUT2D eigenvalue weighted by Crippen LogP contribution is 2.30. The third-order valence-corrected chi connectivity index (χ3v) is 2.50. The first-order valence-corrected chi connectivity index (χ1v) is 5.44. The topological polar surface area (TPSA) is 91.2 Å². The van der Waals surface area contributed by atoms with Crippen LogP contribution in [0.3, 0.4) is 0 Å². The standard InChI is InChI=1S/C12H10ClN3O2/c13-7-3-1-2-4-10(7)18-12-8(14)5-6-9(16-12)11(15)17/h1-6H,14H2,(H2,15,17). The van der Waals surface area contributed by atoms with E-state index in [9.17, 15) is 4.79 Å². The van der Waals surface area contributed by atoms with Crippen molar-refractivity contribution >= 4 is 23.2 Å². The Balaban J connectivity index is 2.37. The number of benzene rings is 1. The van der Waals surface area contributed by atoms with Crippen LogP contribution in [0.4, 0.5) is 5.69 Å². The number of aromatic nitrogens is 1. The number of anilines is 1. The second-order valence-electron chi connectivity index (χ2n) is 3.49. The molecule has 1 heterocycles. The van der Waals surface area contributed by atoms with Gasteiger partial charge < -0.3 is 16.2 Å². The first kappa shape index (κ1) is 12.2. The van der Waals surface area contributed by atoms with Crippen molar-refractivity contribution in [1.82, 2.24) is 4.98 Å². The number of para-hydroxylation sites is 1. The van der Waals surface area contributed by atoms with Gasteiger partial charge in [-0.25, -0.2) is 4.98 Å². The molecule has 1 amide bonds. The van der Waals surface area contributed by atoms with Gasteiger partial charge in [0.1, 0.15) is 11.4 Å².